The first-order chi connectivity index (χ1) is 15.2. The molecular weight excluding hydrogens is 386 g/mol. The molecule has 5 heteroatoms. The minimum Gasteiger partial charge on any atom is -0.406 e. The Hall–Kier alpha value is -3.83. The molecule has 0 aliphatic rings. The average molecular weight is 409 g/mol. The fraction of sp³-hybridized carbons (Fsp3) is 0.115. The van der Waals surface area contributed by atoms with E-state index in [0.717, 1.165) is 17.5 Å². The monoisotopic (exact) mass is 409 g/mol. The molecule has 3 aromatic carbocycles. The highest BCUT2D eigenvalue weighted by Crippen LogP contribution is 2.21. The SMILES string of the molecule is N[C@@H](Cc1ccccc1)C(=O)Oc1cc(-c2ccc(Cc3ccccc3)cc2)ncn1. The van der Waals surface area contributed by atoms with Gasteiger partial charge in [0.1, 0.15) is 12.4 Å². The molecule has 4 rings (SSSR count). The van der Waals surface area contributed by atoms with Gasteiger partial charge in [-0.1, -0.05) is 84.9 Å². The van der Waals surface area contributed by atoms with E-state index in [4.69, 9.17) is 10.5 Å². The van der Waals surface area contributed by atoms with Crippen LogP contribution in [-0.2, 0) is 17.6 Å². The van der Waals surface area contributed by atoms with Gasteiger partial charge in [0.25, 0.3) is 0 Å². The number of nitrogens with zero attached hydrogens (tertiary/aromatic N) is 2. The molecule has 0 spiro atoms. The van der Waals surface area contributed by atoms with Gasteiger partial charge in [-0.2, -0.15) is 0 Å². The van der Waals surface area contributed by atoms with Crippen LogP contribution in [0.4, 0.5) is 0 Å². The number of benzene rings is 3. The summed E-state index contributed by atoms with van der Waals surface area (Å²) in [6.45, 7) is 0. The summed E-state index contributed by atoms with van der Waals surface area (Å²) in [5, 5.41) is 0. The summed E-state index contributed by atoms with van der Waals surface area (Å²) in [6.07, 6.45) is 2.66. The van der Waals surface area contributed by atoms with Crippen LogP contribution in [0.2, 0.25) is 0 Å². The van der Waals surface area contributed by atoms with Gasteiger partial charge in [0, 0.05) is 11.6 Å². The second-order valence-corrected chi connectivity index (χ2v) is 7.32. The Morgan fingerprint density at radius 2 is 1.42 bits per heavy atom. The lowest BCUT2D eigenvalue weighted by molar-refractivity contribution is -0.136. The predicted molar refractivity (Wildman–Crippen MR) is 120 cm³/mol. The van der Waals surface area contributed by atoms with E-state index in [1.54, 1.807) is 6.07 Å². The molecule has 2 N–H and O–H groups in total. The highest BCUT2D eigenvalue weighted by Gasteiger charge is 2.17. The van der Waals surface area contributed by atoms with E-state index in [9.17, 15) is 4.79 Å². The minimum atomic E-state index is -0.766. The van der Waals surface area contributed by atoms with Crippen molar-refractivity contribution in [2.75, 3.05) is 0 Å². The first kappa shape index (κ1) is 20.4. The van der Waals surface area contributed by atoms with Gasteiger partial charge in [-0.3, -0.25) is 0 Å². The molecule has 1 atom stereocenters. The van der Waals surface area contributed by atoms with Crippen LogP contribution in [0.15, 0.2) is 97.3 Å². The molecular formula is C26H23N3O2. The smallest absolute Gasteiger partial charge is 0.329 e. The number of nitrogens with two attached hydrogens (primary N) is 1. The Bertz CT molecular complexity index is 1130. The molecule has 0 radical (unpaired) electrons. The van der Waals surface area contributed by atoms with Crippen molar-refractivity contribution in [1.82, 2.24) is 9.97 Å². The second-order valence-electron chi connectivity index (χ2n) is 7.32. The summed E-state index contributed by atoms with van der Waals surface area (Å²) >= 11 is 0. The van der Waals surface area contributed by atoms with Gasteiger partial charge >= 0.3 is 5.97 Å². The van der Waals surface area contributed by atoms with Crippen LogP contribution in [0.25, 0.3) is 11.3 Å². The summed E-state index contributed by atoms with van der Waals surface area (Å²) in [4.78, 5) is 20.7. The van der Waals surface area contributed by atoms with Crippen LogP contribution in [0, 0.1) is 0 Å². The first-order valence-electron chi connectivity index (χ1n) is 10.1. The van der Waals surface area contributed by atoms with Crippen LogP contribution >= 0.6 is 0 Å². The van der Waals surface area contributed by atoms with Gasteiger partial charge in [-0.05, 0) is 29.5 Å². The fourth-order valence-electron chi connectivity index (χ4n) is 3.31. The molecule has 5 nitrogen and oxygen atoms in total. The molecule has 0 aliphatic carbocycles. The summed E-state index contributed by atoms with van der Waals surface area (Å²) in [5.41, 5.74) is 11.1. The molecule has 0 unspecified atom stereocenters. The number of rotatable bonds is 7. The average Bonchev–Trinajstić information content (AvgIpc) is 2.81. The van der Waals surface area contributed by atoms with Gasteiger partial charge in [0.2, 0.25) is 5.88 Å². The number of ether oxygens (including phenoxy) is 1. The largest absolute Gasteiger partial charge is 0.406 e. The molecule has 0 bridgehead atoms. The van der Waals surface area contributed by atoms with Crippen molar-refractivity contribution in [3.8, 4) is 17.1 Å². The highest BCUT2D eigenvalue weighted by atomic mass is 16.5. The van der Waals surface area contributed by atoms with Crippen molar-refractivity contribution >= 4 is 5.97 Å². The molecule has 0 aliphatic heterocycles. The lowest BCUT2D eigenvalue weighted by atomic mass is 10.0. The summed E-state index contributed by atoms with van der Waals surface area (Å²) in [6, 6.07) is 29.0. The normalized spacial score (nSPS) is 11.6. The van der Waals surface area contributed by atoms with Gasteiger partial charge in [-0.25, -0.2) is 14.8 Å². The summed E-state index contributed by atoms with van der Waals surface area (Å²) in [7, 11) is 0. The molecule has 1 heterocycles. The molecule has 0 saturated carbocycles. The standard InChI is InChI=1S/C26H23N3O2/c27-23(16-20-9-5-2-6-10-20)26(30)31-25-17-24(28-18-29-25)22-13-11-21(12-14-22)15-19-7-3-1-4-8-19/h1-14,17-18,23H,15-16,27H2/t23-/m0/s1. The van der Waals surface area contributed by atoms with E-state index in [0.29, 0.717) is 12.1 Å². The van der Waals surface area contributed by atoms with E-state index >= 15 is 0 Å². The molecule has 0 fully saturated rings. The number of aromatic nitrogens is 2. The fourth-order valence-corrected chi connectivity index (χ4v) is 3.31. The zero-order chi connectivity index (χ0) is 21.5. The van der Waals surface area contributed by atoms with E-state index in [1.165, 1.54) is 17.5 Å². The molecule has 0 amide bonds. The Balaban J connectivity index is 1.41. The van der Waals surface area contributed by atoms with Gasteiger partial charge in [0.05, 0.1) is 5.69 Å². The van der Waals surface area contributed by atoms with Crippen LogP contribution in [0.3, 0.4) is 0 Å². The minimum absolute atomic E-state index is 0.187. The number of hydrogen-bond donors (Lipinski definition) is 1. The molecule has 154 valence electrons. The van der Waals surface area contributed by atoms with Crippen LogP contribution in [0.5, 0.6) is 5.88 Å². The van der Waals surface area contributed by atoms with Crippen LogP contribution in [-0.4, -0.2) is 22.0 Å². The van der Waals surface area contributed by atoms with E-state index in [-0.39, 0.29) is 5.88 Å². The Morgan fingerprint density at radius 3 is 2.10 bits per heavy atom. The number of carbonyl (C=O) groups excluding carboxylic acids is 1. The van der Waals surface area contributed by atoms with Crippen LogP contribution < -0.4 is 10.5 Å². The summed E-state index contributed by atoms with van der Waals surface area (Å²) < 4.78 is 5.40. The van der Waals surface area contributed by atoms with Crippen molar-refractivity contribution in [2.24, 2.45) is 5.73 Å². The van der Waals surface area contributed by atoms with E-state index in [1.807, 2.05) is 60.7 Å². The van der Waals surface area contributed by atoms with E-state index < -0.39 is 12.0 Å². The number of carbonyl (C=O) groups is 1. The van der Waals surface area contributed by atoms with Crippen LogP contribution in [0.1, 0.15) is 16.7 Å². The second kappa shape index (κ2) is 9.78. The molecule has 1 aromatic heterocycles. The summed E-state index contributed by atoms with van der Waals surface area (Å²) in [5.74, 6) is -0.335. The van der Waals surface area contributed by atoms with Crippen molar-refractivity contribution < 1.29 is 9.53 Å². The zero-order valence-corrected chi connectivity index (χ0v) is 17.0. The maximum Gasteiger partial charge on any atom is 0.329 e. The lowest BCUT2D eigenvalue weighted by Gasteiger charge is -2.11. The van der Waals surface area contributed by atoms with Crippen molar-refractivity contribution in [1.29, 1.82) is 0 Å². The third-order valence-electron chi connectivity index (χ3n) is 4.95. The van der Waals surface area contributed by atoms with Crippen molar-refractivity contribution in [3.05, 3.63) is 114 Å². The molecule has 0 saturated heterocycles. The van der Waals surface area contributed by atoms with Crippen molar-refractivity contribution in [2.45, 2.75) is 18.9 Å². The number of hydrogen-bond acceptors (Lipinski definition) is 5. The first-order valence-corrected chi connectivity index (χ1v) is 10.1. The zero-order valence-electron chi connectivity index (χ0n) is 17.0. The van der Waals surface area contributed by atoms with Gasteiger partial charge < -0.3 is 10.5 Å². The van der Waals surface area contributed by atoms with Gasteiger partial charge in [-0.15, -0.1) is 0 Å². The third-order valence-corrected chi connectivity index (χ3v) is 4.95. The van der Waals surface area contributed by atoms with E-state index in [2.05, 4.69) is 34.2 Å². The maximum absolute atomic E-state index is 12.4. The lowest BCUT2D eigenvalue weighted by Crippen LogP contribution is -2.36. The van der Waals surface area contributed by atoms with Crippen molar-refractivity contribution in [3.63, 3.8) is 0 Å². The predicted octanol–water partition coefficient (Wildman–Crippen LogP) is 4.21. The molecule has 4 aromatic rings. The maximum atomic E-state index is 12.4. The highest BCUT2D eigenvalue weighted by molar-refractivity contribution is 5.78. The Labute approximate surface area is 181 Å². The Morgan fingerprint density at radius 1 is 0.806 bits per heavy atom. The third kappa shape index (κ3) is 5.62. The number of esters is 1. The van der Waals surface area contributed by atoms with Gasteiger partial charge in [0.15, 0.2) is 0 Å². The quantitative estimate of drug-likeness (QED) is 0.463. The topological polar surface area (TPSA) is 78.1 Å². The molecule has 31 heavy (non-hydrogen) atoms. The Kier molecular flexibility index (Phi) is 6.45.